The molecule has 1 aliphatic rings. The molecule has 11 nitrogen and oxygen atoms in total. The molecule has 3 amide bonds. The van der Waals surface area contributed by atoms with Crippen LogP contribution in [0.3, 0.4) is 0 Å². The summed E-state index contributed by atoms with van der Waals surface area (Å²) in [6.45, 7) is 5.72. The first-order valence-corrected chi connectivity index (χ1v) is 13.4. The van der Waals surface area contributed by atoms with Crippen LogP contribution in [0.2, 0.25) is 0 Å². The lowest BCUT2D eigenvalue weighted by atomic mass is 9.99. The summed E-state index contributed by atoms with van der Waals surface area (Å²) in [5, 5.41) is 17.0. The van der Waals surface area contributed by atoms with Gasteiger partial charge in [-0.2, -0.15) is 0 Å². The molecule has 216 valence electrons. The lowest BCUT2D eigenvalue weighted by Gasteiger charge is -2.32. The normalized spacial score (nSPS) is 17.5. The number of amides is 3. The monoisotopic (exact) mass is 553 g/mol. The van der Waals surface area contributed by atoms with E-state index in [2.05, 4.69) is 15.6 Å². The van der Waals surface area contributed by atoms with Crippen molar-refractivity contribution < 1.29 is 29.0 Å². The fourth-order valence-corrected chi connectivity index (χ4v) is 4.57. The summed E-state index contributed by atoms with van der Waals surface area (Å²) in [5.41, 5.74) is 6.11. The minimum Gasteiger partial charge on any atom is -0.458 e. The van der Waals surface area contributed by atoms with Crippen molar-refractivity contribution in [1.29, 1.82) is 0 Å². The summed E-state index contributed by atoms with van der Waals surface area (Å²) in [7, 11) is 0. The van der Waals surface area contributed by atoms with Crippen molar-refractivity contribution in [2.24, 2.45) is 5.73 Å². The number of aromatic nitrogens is 1. The van der Waals surface area contributed by atoms with Gasteiger partial charge in [-0.3, -0.25) is 24.7 Å². The van der Waals surface area contributed by atoms with Crippen LogP contribution in [0, 0.1) is 0 Å². The Labute approximate surface area is 234 Å². The van der Waals surface area contributed by atoms with Crippen LogP contribution in [0.25, 0.3) is 0 Å². The number of carbonyl (C=O) groups is 4. The van der Waals surface area contributed by atoms with E-state index in [0.717, 1.165) is 5.56 Å². The predicted octanol–water partition coefficient (Wildman–Crippen LogP) is 0.836. The number of nitrogens with one attached hydrogen (secondary N) is 2. The van der Waals surface area contributed by atoms with Gasteiger partial charge >= 0.3 is 5.97 Å². The number of aliphatic hydroxyl groups excluding tert-OH is 1. The molecule has 4 atom stereocenters. The van der Waals surface area contributed by atoms with Gasteiger partial charge in [0.2, 0.25) is 11.8 Å². The highest BCUT2D eigenvalue weighted by Gasteiger charge is 2.41. The van der Waals surface area contributed by atoms with E-state index in [9.17, 15) is 24.3 Å². The molecule has 1 unspecified atom stereocenters. The number of hydrogen-bond donors (Lipinski definition) is 4. The lowest BCUT2D eigenvalue weighted by Crippen LogP contribution is -2.57. The number of ether oxygens (including phenoxy) is 1. The standard InChI is InChI=1S/C29H39N5O6/c1-29(2,3)40-28(39)23-13-9-15-34(23)27(38)25(36)21(16-19-10-5-4-6-11-19)33-26(37)22(17-24(30)35)32-18-20-12-7-8-14-31-20/h4-8,10-12,14,21-23,25,32,36H,9,13,15-18H2,1-3H3,(H2,30,35)(H,33,37)/t21-,22-,23-,25?/m0/s1. The van der Waals surface area contributed by atoms with Crippen molar-refractivity contribution in [3.63, 3.8) is 0 Å². The summed E-state index contributed by atoms with van der Waals surface area (Å²) in [4.78, 5) is 57.0. The average molecular weight is 554 g/mol. The van der Waals surface area contributed by atoms with Crippen LogP contribution in [-0.4, -0.2) is 75.1 Å². The Hall–Kier alpha value is -3.83. The van der Waals surface area contributed by atoms with Gasteiger partial charge in [-0.15, -0.1) is 0 Å². The summed E-state index contributed by atoms with van der Waals surface area (Å²) < 4.78 is 5.49. The number of aliphatic hydroxyl groups is 1. The van der Waals surface area contributed by atoms with Crippen LogP contribution >= 0.6 is 0 Å². The highest BCUT2D eigenvalue weighted by atomic mass is 16.6. The van der Waals surface area contributed by atoms with E-state index < -0.39 is 53.5 Å². The molecule has 0 bridgehead atoms. The first-order chi connectivity index (χ1) is 18.9. The van der Waals surface area contributed by atoms with Gasteiger partial charge in [-0.25, -0.2) is 4.79 Å². The maximum Gasteiger partial charge on any atom is 0.329 e. The largest absolute Gasteiger partial charge is 0.458 e. The molecule has 40 heavy (non-hydrogen) atoms. The molecule has 1 aliphatic heterocycles. The predicted molar refractivity (Wildman–Crippen MR) is 147 cm³/mol. The van der Waals surface area contributed by atoms with E-state index in [1.54, 1.807) is 45.2 Å². The number of rotatable bonds is 12. The number of carbonyl (C=O) groups excluding carboxylic acids is 4. The van der Waals surface area contributed by atoms with Gasteiger partial charge in [-0.05, 0) is 57.7 Å². The summed E-state index contributed by atoms with van der Waals surface area (Å²) >= 11 is 0. The lowest BCUT2D eigenvalue weighted by molar-refractivity contribution is -0.165. The Bertz CT molecular complexity index is 1150. The first-order valence-electron chi connectivity index (χ1n) is 13.4. The minimum absolute atomic E-state index is 0.133. The quantitative estimate of drug-likeness (QED) is 0.281. The van der Waals surface area contributed by atoms with Gasteiger partial charge in [0.1, 0.15) is 11.6 Å². The van der Waals surface area contributed by atoms with E-state index >= 15 is 0 Å². The highest BCUT2D eigenvalue weighted by Crippen LogP contribution is 2.23. The van der Waals surface area contributed by atoms with Crippen LogP contribution in [0.15, 0.2) is 54.7 Å². The van der Waals surface area contributed by atoms with Crippen molar-refractivity contribution in [3.05, 3.63) is 66.0 Å². The number of likely N-dealkylation sites (tertiary alicyclic amines) is 1. The Morgan fingerprint density at radius 1 is 1.12 bits per heavy atom. The van der Waals surface area contributed by atoms with E-state index in [0.29, 0.717) is 18.5 Å². The van der Waals surface area contributed by atoms with Crippen molar-refractivity contribution in [2.75, 3.05) is 6.54 Å². The Kier molecular flexibility index (Phi) is 10.7. The number of nitrogens with two attached hydrogens (primary N) is 1. The number of nitrogens with zero attached hydrogens (tertiary/aromatic N) is 2. The van der Waals surface area contributed by atoms with Crippen LogP contribution in [-0.2, 0) is 36.9 Å². The van der Waals surface area contributed by atoms with Crippen LogP contribution in [0.1, 0.15) is 51.3 Å². The van der Waals surface area contributed by atoms with E-state index in [-0.39, 0.29) is 25.9 Å². The smallest absolute Gasteiger partial charge is 0.329 e. The van der Waals surface area contributed by atoms with Gasteiger partial charge < -0.3 is 25.8 Å². The van der Waals surface area contributed by atoms with Crippen molar-refractivity contribution >= 4 is 23.7 Å². The minimum atomic E-state index is -1.66. The second-order valence-corrected chi connectivity index (χ2v) is 10.9. The van der Waals surface area contributed by atoms with Gasteiger partial charge in [0, 0.05) is 19.3 Å². The third-order valence-electron chi connectivity index (χ3n) is 6.45. The Balaban J connectivity index is 1.79. The number of hydrogen-bond acceptors (Lipinski definition) is 8. The summed E-state index contributed by atoms with van der Waals surface area (Å²) in [6.07, 6.45) is 0.789. The third kappa shape index (κ3) is 9.13. The molecule has 1 aromatic heterocycles. The van der Waals surface area contributed by atoms with E-state index in [1.807, 2.05) is 30.3 Å². The number of primary amides is 1. The molecule has 0 aliphatic carbocycles. The molecule has 2 heterocycles. The first kappa shape index (κ1) is 30.7. The summed E-state index contributed by atoms with van der Waals surface area (Å²) in [6, 6.07) is 11.5. The van der Waals surface area contributed by atoms with Gasteiger partial charge in [-0.1, -0.05) is 36.4 Å². The fraction of sp³-hybridized carbons (Fsp3) is 0.483. The fourth-order valence-electron chi connectivity index (χ4n) is 4.57. The van der Waals surface area contributed by atoms with Gasteiger partial charge in [0.05, 0.1) is 24.2 Å². The molecule has 0 radical (unpaired) electrons. The molecular formula is C29H39N5O6. The van der Waals surface area contributed by atoms with Gasteiger partial charge in [0.15, 0.2) is 6.10 Å². The molecule has 5 N–H and O–H groups in total. The van der Waals surface area contributed by atoms with Crippen molar-refractivity contribution in [3.8, 4) is 0 Å². The average Bonchev–Trinajstić information content (AvgIpc) is 3.40. The zero-order valence-corrected chi connectivity index (χ0v) is 23.2. The molecule has 1 fully saturated rings. The molecule has 1 saturated heterocycles. The maximum atomic E-state index is 13.5. The molecule has 1 aromatic carbocycles. The van der Waals surface area contributed by atoms with Crippen molar-refractivity contribution in [1.82, 2.24) is 20.5 Å². The van der Waals surface area contributed by atoms with E-state index in [4.69, 9.17) is 10.5 Å². The maximum absolute atomic E-state index is 13.5. The SMILES string of the molecule is CC(C)(C)OC(=O)[C@@H]1CCCN1C(=O)C(O)[C@H](Cc1ccccc1)NC(=O)[C@H](CC(N)=O)NCc1ccccn1. The Morgan fingerprint density at radius 2 is 1.82 bits per heavy atom. The summed E-state index contributed by atoms with van der Waals surface area (Å²) in [5.74, 6) is -2.51. The second kappa shape index (κ2) is 14.0. The molecular weight excluding hydrogens is 514 g/mol. The highest BCUT2D eigenvalue weighted by molar-refractivity contribution is 5.90. The van der Waals surface area contributed by atoms with Crippen LogP contribution in [0.5, 0.6) is 0 Å². The van der Waals surface area contributed by atoms with Gasteiger partial charge in [0.25, 0.3) is 5.91 Å². The molecule has 11 heteroatoms. The zero-order chi connectivity index (χ0) is 29.3. The van der Waals surface area contributed by atoms with Crippen LogP contribution < -0.4 is 16.4 Å². The second-order valence-electron chi connectivity index (χ2n) is 10.9. The topological polar surface area (TPSA) is 164 Å². The van der Waals surface area contributed by atoms with Crippen LogP contribution in [0.4, 0.5) is 0 Å². The number of benzene rings is 1. The zero-order valence-electron chi connectivity index (χ0n) is 23.2. The number of esters is 1. The molecule has 0 spiro atoms. The molecule has 2 aromatic rings. The third-order valence-corrected chi connectivity index (χ3v) is 6.45. The molecule has 0 saturated carbocycles. The molecule has 3 rings (SSSR count). The number of pyridine rings is 1. The van der Waals surface area contributed by atoms with E-state index in [1.165, 1.54) is 4.90 Å². The van der Waals surface area contributed by atoms with Crippen molar-refractivity contribution in [2.45, 2.75) is 82.8 Å². The Morgan fingerprint density at radius 3 is 2.45 bits per heavy atom.